The van der Waals surface area contributed by atoms with Gasteiger partial charge in [-0.2, -0.15) is 4.98 Å². The van der Waals surface area contributed by atoms with Gasteiger partial charge in [0.1, 0.15) is 11.5 Å². The standard InChI is InChI=1S/C12H9N3O3/c16-8-4-7(5-9(17)6-8)12-14-11(15-18-12)10-2-1-3-13-10/h1-6,13,16-17H. The summed E-state index contributed by atoms with van der Waals surface area (Å²) in [5.41, 5.74) is 1.19. The largest absolute Gasteiger partial charge is 0.508 e. The van der Waals surface area contributed by atoms with Crippen LogP contribution in [0.4, 0.5) is 0 Å². The molecule has 0 fully saturated rings. The number of hydrogen-bond acceptors (Lipinski definition) is 5. The van der Waals surface area contributed by atoms with Gasteiger partial charge in [-0.3, -0.25) is 0 Å². The van der Waals surface area contributed by atoms with Crippen LogP contribution in [-0.2, 0) is 0 Å². The number of aromatic hydroxyl groups is 2. The minimum atomic E-state index is -0.0652. The second-order valence-electron chi connectivity index (χ2n) is 3.75. The van der Waals surface area contributed by atoms with Crippen LogP contribution in [0.25, 0.3) is 23.0 Å². The first-order valence-electron chi connectivity index (χ1n) is 5.23. The van der Waals surface area contributed by atoms with Gasteiger partial charge in [-0.1, -0.05) is 5.16 Å². The number of nitrogens with zero attached hydrogens (tertiary/aromatic N) is 2. The zero-order chi connectivity index (χ0) is 12.5. The average Bonchev–Trinajstić information content (AvgIpc) is 2.99. The van der Waals surface area contributed by atoms with E-state index in [1.54, 1.807) is 6.20 Å². The summed E-state index contributed by atoms with van der Waals surface area (Å²) in [4.78, 5) is 7.13. The van der Waals surface area contributed by atoms with E-state index in [0.717, 1.165) is 5.69 Å². The fraction of sp³-hybridized carbons (Fsp3) is 0. The van der Waals surface area contributed by atoms with Gasteiger partial charge in [-0.25, -0.2) is 0 Å². The maximum atomic E-state index is 9.39. The molecule has 0 radical (unpaired) electrons. The van der Waals surface area contributed by atoms with E-state index in [1.807, 2.05) is 12.1 Å². The number of phenolic OH excluding ortho intramolecular Hbond substituents is 2. The minimum Gasteiger partial charge on any atom is -0.508 e. The molecule has 0 unspecified atom stereocenters. The molecule has 2 aromatic heterocycles. The molecule has 0 amide bonds. The van der Waals surface area contributed by atoms with Gasteiger partial charge in [-0.15, -0.1) is 0 Å². The molecular weight excluding hydrogens is 234 g/mol. The molecule has 0 bridgehead atoms. The van der Waals surface area contributed by atoms with Gasteiger partial charge in [0.25, 0.3) is 5.89 Å². The van der Waals surface area contributed by atoms with Crippen LogP contribution < -0.4 is 0 Å². The highest BCUT2D eigenvalue weighted by Gasteiger charge is 2.12. The van der Waals surface area contributed by atoms with E-state index in [0.29, 0.717) is 11.4 Å². The van der Waals surface area contributed by atoms with Crippen LogP contribution in [0.1, 0.15) is 0 Å². The van der Waals surface area contributed by atoms with Crippen molar-refractivity contribution in [2.75, 3.05) is 0 Å². The SMILES string of the molecule is Oc1cc(O)cc(-c2nc(-c3ccc[nH]3)no2)c1. The Kier molecular flexibility index (Phi) is 2.26. The van der Waals surface area contributed by atoms with Gasteiger partial charge in [-0.05, 0) is 24.3 Å². The monoisotopic (exact) mass is 243 g/mol. The molecule has 0 saturated heterocycles. The number of nitrogens with one attached hydrogen (secondary N) is 1. The molecule has 1 aromatic carbocycles. The Labute approximate surface area is 102 Å². The Morgan fingerprint density at radius 3 is 2.56 bits per heavy atom. The van der Waals surface area contributed by atoms with Crippen molar-refractivity contribution in [2.45, 2.75) is 0 Å². The lowest BCUT2D eigenvalue weighted by Gasteiger charge is -1.97. The second kappa shape index (κ2) is 3.92. The van der Waals surface area contributed by atoms with Gasteiger partial charge < -0.3 is 19.7 Å². The third kappa shape index (κ3) is 1.80. The van der Waals surface area contributed by atoms with Gasteiger partial charge in [0.15, 0.2) is 0 Å². The molecule has 90 valence electrons. The van der Waals surface area contributed by atoms with Crippen LogP contribution >= 0.6 is 0 Å². The lowest BCUT2D eigenvalue weighted by Crippen LogP contribution is -1.81. The smallest absolute Gasteiger partial charge is 0.258 e. The van der Waals surface area contributed by atoms with Crippen molar-refractivity contribution in [1.82, 2.24) is 15.1 Å². The molecule has 0 aliphatic heterocycles. The second-order valence-corrected chi connectivity index (χ2v) is 3.75. The molecule has 0 atom stereocenters. The summed E-state index contributed by atoms with van der Waals surface area (Å²) in [6.45, 7) is 0. The summed E-state index contributed by atoms with van der Waals surface area (Å²) in [7, 11) is 0. The number of phenols is 2. The maximum absolute atomic E-state index is 9.39. The van der Waals surface area contributed by atoms with Crippen molar-refractivity contribution in [1.29, 1.82) is 0 Å². The van der Waals surface area contributed by atoms with E-state index in [2.05, 4.69) is 15.1 Å². The zero-order valence-corrected chi connectivity index (χ0v) is 9.16. The fourth-order valence-electron chi connectivity index (χ4n) is 1.64. The molecule has 2 heterocycles. The summed E-state index contributed by atoms with van der Waals surface area (Å²) < 4.78 is 5.08. The Morgan fingerprint density at radius 2 is 1.89 bits per heavy atom. The number of aromatic nitrogens is 3. The third-order valence-electron chi connectivity index (χ3n) is 2.41. The highest BCUT2D eigenvalue weighted by molar-refractivity contribution is 5.61. The predicted octanol–water partition coefficient (Wildman–Crippen LogP) is 2.14. The molecule has 18 heavy (non-hydrogen) atoms. The summed E-state index contributed by atoms with van der Waals surface area (Å²) in [5, 5.41) is 22.6. The van der Waals surface area contributed by atoms with Crippen LogP contribution in [0, 0.1) is 0 Å². The Morgan fingerprint density at radius 1 is 1.11 bits per heavy atom. The summed E-state index contributed by atoms with van der Waals surface area (Å²) in [5.74, 6) is 0.512. The van der Waals surface area contributed by atoms with Crippen LogP contribution in [0.15, 0.2) is 41.1 Å². The topological polar surface area (TPSA) is 95.2 Å². The fourth-order valence-corrected chi connectivity index (χ4v) is 1.64. The number of H-pyrrole nitrogens is 1. The van der Waals surface area contributed by atoms with E-state index in [-0.39, 0.29) is 17.4 Å². The summed E-state index contributed by atoms with van der Waals surface area (Å²) >= 11 is 0. The molecule has 6 nitrogen and oxygen atoms in total. The first-order valence-corrected chi connectivity index (χ1v) is 5.23. The molecule has 0 saturated carbocycles. The van der Waals surface area contributed by atoms with Crippen LogP contribution in [-0.4, -0.2) is 25.3 Å². The molecule has 3 aromatic rings. The summed E-state index contributed by atoms with van der Waals surface area (Å²) in [6.07, 6.45) is 1.76. The van der Waals surface area contributed by atoms with E-state index < -0.39 is 0 Å². The van der Waals surface area contributed by atoms with Crippen molar-refractivity contribution in [3.05, 3.63) is 36.5 Å². The minimum absolute atomic E-state index is 0.0652. The molecule has 0 aliphatic carbocycles. The van der Waals surface area contributed by atoms with Gasteiger partial charge >= 0.3 is 0 Å². The summed E-state index contributed by atoms with van der Waals surface area (Å²) in [6, 6.07) is 7.74. The number of benzene rings is 1. The zero-order valence-electron chi connectivity index (χ0n) is 9.16. The van der Waals surface area contributed by atoms with Gasteiger partial charge in [0.2, 0.25) is 5.82 Å². The average molecular weight is 243 g/mol. The Bertz CT molecular complexity index is 653. The van der Waals surface area contributed by atoms with E-state index in [1.165, 1.54) is 18.2 Å². The lowest BCUT2D eigenvalue weighted by atomic mass is 10.2. The van der Waals surface area contributed by atoms with Crippen LogP contribution in [0.5, 0.6) is 11.5 Å². The number of hydrogen-bond donors (Lipinski definition) is 3. The molecule has 3 rings (SSSR count). The normalized spacial score (nSPS) is 10.7. The predicted molar refractivity (Wildman–Crippen MR) is 62.9 cm³/mol. The molecule has 6 heteroatoms. The molecule has 3 N–H and O–H groups in total. The third-order valence-corrected chi connectivity index (χ3v) is 2.41. The van der Waals surface area contributed by atoms with Crippen molar-refractivity contribution < 1.29 is 14.7 Å². The van der Waals surface area contributed by atoms with Crippen molar-refractivity contribution in [3.63, 3.8) is 0 Å². The van der Waals surface area contributed by atoms with E-state index in [9.17, 15) is 10.2 Å². The van der Waals surface area contributed by atoms with Crippen LogP contribution in [0.2, 0.25) is 0 Å². The van der Waals surface area contributed by atoms with Gasteiger partial charge in [0, 0.05) is 17.8 Å². The van der Waals surface area contributed by atoms with Gasteiger partial charge in [0.05, 0.1) is 5.69 Å². The van der Waals surface area contributed by atoms with Crippen molar-refractivity contribution in [2.24, 2.45) is 0 Å². The Hall–Kier alpha value is -2.76. The van der Waals surface area contributed by atoms with E-state index in [4.69, 9.17) is 4.52 Å². The maximum Gasteiger partial charge on any atom is 0.258 e. The number of rotatable bonds is 2. The van der Waals surface area contributed by atoms with Crippen molar-refractivity contribution >= 4 is 0 Å². The highest BCUT2D eigenvalue weighted by atomic mass is 16.5. The Balaban J connectivity index is 2.03. The molecular formula is C12H9N3O3. The van der Waals surface area contributed by atoms with Crippen LogP contribution in [0.3, 0.4) is 0 Å². The first kappa shape index (κ1) is 10.4. The highest BCUT2D eigenvalue weighted by Crippen LogP contribution is 2.28. The first-order chi connectivity index (χ1) is 8.72. The molecule has 0 spiro atoms. The van der Waals surface area contributed by atoms with Crippen molar-refractivity contribution in [3.8, 4) is 34.5 Å². The number of aromatic amines is 1. The van der Waals surface area contributed by atoms with E-state index >= 15 is 0 Å². The lowest BCUT2D eigenvalue weighted by molar-refractivity contribution is 0.428. The quantitative estimate of drug-likeness (QED) is 0.641. The molecule has 0 aliphatic rings.